The summed E-state index contributed by atoms with van der Waals surface area (Å²) < 4.78 is 9.75. The molecular formula is C21H20N4O5. The molecule has 9 heteroatoms. The number of para-hydroxylation sites is 1. The average Bonchev–Trinajstić information content (AvgIpc) is 3.15. The van der Waals surface area contributed by atoms with Gasteiger partial charge in [0.1, 0.15) is 0 Å². The molecule has 0 bridgehead atoms. The number of methoxy groups -OCH3 is 1. The Morgan fingerprint density at radius 3 is 2.43 bits per heavy atom. The number of benzene rings is 2. The van der Waals surface area contributed by atoms with Crippen LogP contribution in [0, 0.1) is 13.8 Å². The lowest BCUT2D eigenvalue weighted by atomic mass is 10.1. The van der Waals surface area contributed by atoms with Gasteiger partial charge in [-0.1, -0.05) is 24.3 Å². The molecular weight excluding hydrogens is 388 g/mol. The van der Waals surface area contributed by atoms with Crippen LogP contribution in [0.15, 0.2) is 48.5 Å². The Morgan fingerprint density at radius 2 is 1.73 bits per heavy atom. The second-order valence-corrected chi connectivity index (χ2v) is 6.40. The summed E-state index contributed by atoms with van der Waals surface area (Å²) in [5, 5.41) is 11.0. The smallest absolute Gasteiger partial charge is 0.361 e. The van der Waals surface area contributed by atoms with Crippen molar-refractivity contribution < 1.29 is 23.9 Å². The van der Waals surface area contributed by atoms with Crippen molar-refractivity contribution in [3.63, 3.8) is 0 Å². The monoisotopic (exact) mass is 408 g/mol. The molecule has 1 aromatic heterocycles. The molecule has 30 heavy (non-hydrogen) atoms. The Morgan fingerprint density at radius 1 is 1.00 bits per heavy atom. The van der Waals surface area contributed by atoms with Crippen molar-refractivity contribution in [3.05, 3.63) is 71.0 Å². The number of carbonyl (C=O) groups excluding carboxylic acids is 3. The highest BCUT2D eigenvalue weighted by atomic mass is 16.5. The Balaban J connectivity index is 1.64. The molecule has 0 unspecified atom stereocenters. The Bertz CT molecular complexity index is 1090. The van der Waals surface area contributed by atoms with E-state index in [0.717, 1.165) is 5.56 Å². The highest BCUT2D eigenvalue weighted by Gasteiger charge is 2.19. The molecule has 3 aromatic rings. The Hall–Kier alpha value is -4.01. The third-order valence-corrected chi connectivity index (χ3v) is 4.23. The Kier molecular flexibility index (Phi) is 6.21. The second kappa shape index (κ2) is 8.99. The van der Waals surface area contributed by atoms with E-state index >= 15 is 0 Å². The molecule has 9 nitrogen and oxygen atoms in total. The van der Waals surface area contributed by atoms with E-state index in [1.807, 2.05) is 18.2 Å². The van der Waals surface area contributed by atoms with Gasteiger partial charge in [0, 0.05) is 5.69 Å². The molecule has 0 aliphatic rings. The van der Waals surface area contributed by atoms with Crippen molar-refractivity contribution in [2.24, 2.45) is 0 Å². The standard InChI is InChI=1S/C21H20N4O5/c1-13-9-10-15(20(27)29-3)11-17(13)22-18(26)12-30-21(28)19-14(2)23-25(24-19)16-7-5-4-6-8-16/h4-11H,12H2,1-3H3,(H,22,26). The van der Waals surface area contributed by atoms with Gasteiger partial charge in [-0.2, -0.15) is 9.90 Å². The molecule has 0 saturated heterocycles. The number of amides is 1. The summed E-state index contributed by atoms with van der Waals surface area (Å²) >= 11 is 0. The third kappa shape index (κ3) is 4.69. The number of rotatable bonds is 6. The molecule has 3 rings (SSSR count). The maximum Gasteiger partial charge on any atom is 0.361 e. The summed E-state index contributed by atoms with van der Waals surface area (Å²) in [6.07, 6.45) is 0. The lowest BCUT2D eigenvalue weighted by molar-refractivity contribution is -0.119. The molecule has 0 aliphatic carbocycles. The average molecular weight is 408 g/mol. The van der Waals surface area contributed by atoms with Gasteiger partial charge in [0.25, 0.3) is 5.91 Å². The van der Waals surface area contributed by atoms with Crippen molar-refractivity contribution >= 4 is 23.5 Å². The van der Waals surface area contributed by atoms with E-state index in [1.165, 1.54) is 18.0 Å². The number of hydrogen-bond acceptors (Lipinski definition) is 7. The van der Waals surface area contributed by atoms with Crippen molar-refractivity contribution in [1.82, 2.24) is 15.0 Å². The maximum atomic E-state index is 12.3. The van der Waals surface area contributed by atoms with Gasteiger partial charge in [0.15, 0.2) is 12.3 Å². The van der Waals surface area contributed by atoms with Gasteiger partial charge >= 0.3 is 11.9 Å². The highest BCUT2D eigenvalue weighted by Crippen LogP contribution is 2.17. The van der Waals surface area contributed by atoms with E-state index in [-0.39, 0.29) is 5.69 Å². The van der Waals surface area contributed by atoms with Crippen LogP contribution in [0.1, 0.15) is 32.1 Å². The van der Waals surface area contributed by atoms with E-state index in [9.17, 15) is 14.4 Å². The van der Waals surface area contributed by atoms with Crippen LogP contribution in [0.25, 0.3) is 5.69 Å². The summed E-state index contributed by atoms with van der Waals surface area (Å²) in [6, 6.07) is 13.9. The molecule has 154 valence electrons. The lowest BCUT2D eigenvalue weighted by Gasteiger charge is -2.10. The molecule has 0 aliphatic heterocycles. The number of ether oxygens (including phenoxy) is 2. The molecule has 1 amide bonds. The van der Waals surface area contributed by atoms with E-state index in [0.29, 0.717) is 22.6 Å². The third-order valence-electron chi connectivity index (χ3n) is 4.23. The van der Waals surface area contributed by atoms with Gasteiger partial charge in [-0.3, -0.25) is 4.79 Å². The molecule has 0 fully saturated rings. The molecule has 0 atom stereocenters. The summed E-state index contributed by atoms with van der Waals surface area (Å²) in [5.41, 5.74) is 2.55. The number of nitrogens with zero attached hydrogens (tertiary/aromatic N) is 3. The summed E-state index contributed by atoms with van der Waals surface area (Å²) in [5.74, 6) is -1.83. The predicted octanol–water partition coefficient (Wildman–Crippen LogP) is 2.47. The number of carbonyl (C=O) groups is 3. The van der Waals surface area contributed by atoms with Crippen molar-refractivity contribution in [2.75, 3.05) is 19.0 Å². The van der Waals surface area contributed by atoms with Gasteiger partial charge in [-0.15, -0.1) is 5.10 Å². The normalized spacial score (nSPS) is 10.4. The van der Waals surface area contributed by atoms with Gasteiger partial charge in [-0.05, 0) is 43.7 Å². The molecule has 1 heterocycles. The number of anilines is 1. The van der Waals surface area contributed by atoms with Crippen LogP contribution in [-0.2, 0) is 14.3 Å². The van der Waals surface area contributed by atoms with E-state index in [4.69, 9.17) is 4.74 Å². The SMILES string of the molecule is COC(=O)c1ccc(C)c(NC(=O)COC(=O)c2nn(-c3ccccc3)nc2C)c1. The van der Waals surface area contributed by atoms with Crippen molar-refractivity contribution in [2.45, 2.75) is 13.8 Å². The molecule has 0 spiro atoms. The first-order valence-electron chi connectivity index (χ1n) is 9.04. The van der Waals surface area contributed by atoms with Crippen LogP contribution < -0.4 is 5.32 Å². The largest absolute Gasteiger partial charge is 0.465 e. The fourth-order valence-corrected chi connectivity index (χ4v) is 2.63. The minimum Gasteiger partial charge on any atom is -0.465 e. The zero-order chi connectivity index (χ0) is 21.7. The summed E-state index contributed by atoms with van der Waals surface area (Å²) in [4.78, 5) is 37.5. The van der Waals surface area contributed by atoms with Crippen LogP contribution >= 0.6 is 0 Å². The minimum atomic E-state index is -0.759. The minimum absolute atomic E-state index is 0.0236. The van der Waals surface area contributed by atoms with Gasteiger partial charge in [0.05, 0.1) is 24.1 Å². The predicted molar refractivity (Wildman–Crippen MR) is 108 cm³/mol. The first-order valence-corrected chi connectivity index (χ1v) is 9.04. The van der Waals surface area contributed by atoms with E-state index < -0.39 is 24.5 Å². The summed E-state index contributed by atoms with van der Waals surface area (Å²) in [7, 11) is 1.27. The zero-order valence-corrected chi connectivity index (χ0v) is 16.7. The molecule has 0 radical (unpaired) electrons. The second-order valence-electron chi connectivity index (χ2n) is 6.40. The van der Waals surface area contributed by atoms with Crippen LogP contribution in [0.3, 0.4) is 0 Å². The van der Waals surface area contributed by atoms with E-state index in [2.05, 4.69) is 20.3 Å². The molecule has 1 N–H and O–H groups in total. The topological polar surface area (TPSA) is 112 Å². The number of aromatic nitrogens is 3. The van der Waals surface area contributed by atoms with Crippen molar-refractivity contribution in [1.29, 1.82) is 0 Å². The Labute approximate surface area is 172 Å². The van der Waals surface area contributed by atoms with Crippen molar-refractivity contribution in [3.8, 4) is 5.69 Å². The van der Waals surface area contributed by atoms with Crippen LogP contribution in [0.5, 0.6) is 0 Å². The molecule has 2 aromatic carbocycles. The molecule has 0 saturated carbocycles. The first-order chi connectivity index (χ1) is 14.4. The van der Waals surface area contributed by atoms with E-state index in [1.54, 1.807) is 38.1 Å². The number of esters is 2. The highest BCUT2D eigenvalue weighted by molar-refractivity contribution is 5.97. The first kappa shape index (κ1) is 20.7. The lowest BCUT2D eigenvalue weighted by Crippen LogP contribution is -2.22. The number of nitrogens with one attached hydrogen (secondary N) is 1. The summed E-state index contributed by atoms with van der Waals surface area (Å²) in [6.45, 7) is 2.89. The van der Waals surface area contributed by atoms with Gasteiger partial charge in [-0.25, -0.2) is 9.59 Å². The quantitative estimate of drug-likeness (QED) is 0.624. The van der Waals surface area contributed by atoms with Gasteiger partial charge < -0.3 is 14.8 Å². The van der Waals surface area contributed by atoms with Gasteiger partial charge in [0.2, 0.25) is 0 Å². The number of hydrogen-bond donors (Lipinski definition) is 1. The zero-order valence-electron chi connectivity index (χ0n) is 16.7. The van der Waals surface area contributed by atoms with Crippen LogP contribution in [-0.4, -0.2) is 46.6 Å². The van der Waals surface area contributed by atoms with Crippen LogP contribution in [0.2, 0.25) is 0 Å². The fourth-order valence-electron chi connectivity index (χ4n) is 2.63. The maximum absolute atomic E-state index is 12.3. The van der Waals surface area contributed by atoms with Crippen LogP contribution in [0.4, 0.5) is 5.69 Å². The number of aryl methyl sites for hydroxylation is 2. The fraction of sp³-hybridized carbons (Fsp3) is 0.190.